The predicted octanol–water partition coefficient (Wildman–Crippen LogP) is 2.08. The molecule has 1 aromatic carbocycles. The Morgan fingerprint density at radius 1 is 1.36 bits per heavy atom. The second kappa shape index (κ2) is 4.09. The Balaban J connectivity index is 2.57. The quantitative estimate of drug-likeness (QED) is 0.631. The van der Waals surface area contributed by atoms with Crippen LogP contribution in [-0.4, -0.2) is 17.4 Å². The van der Waals surface area contributed by atoms with E-state index in [1.807, 2.05) is 30.1 Å². The lowest BCUT2D eigenvalue weighted by Crippen LogP contribution is -2.13. The maximum absolute atomic E-state index is 4.77. The molecule has 0 bridgehead atoms. The fourth-order valence-electron chi connectivity index (χ4n) is 0.909. The summed E-state index contributed by atoms with van der Waals surface area (Å²) in [5.41, 5.74) is 2.95. The lowest BCUT2D eigenvalue weighted by molar-refractivity contribution is 0.523. The van der Waals surface area contributed by atoms with Gasteiger partial charge in [0.2, 0.25) is 0 Å². The Kier molecular flexibility index (Phi) is 3.05. The van der Waals surface area contributed by atoms with Gasteiger partial charge < -0.3 is 4.90 Å². The Morgan fingerprint density at radius 2 is 2.00 bits per heavy atom. The minimum Gasteiger partial charge on any atom is -0.367 e. The first-order chi connectivity index (χ1) is 5.33. The van der Waals surface area contributed by atoms with Crippen LogP contribution >= 0.6 is 12.2 Å². The van der Waals surface area contributed by atoms with E-state index in [4.69, 9.17) is 12.2 Å². The molecule has 0 atom stereocenters. The third-order valence-corrected chi connectivity index (χ3v) is 1.81. The molecule has 58 valence electrons. The summed E-state index contributed by atoms with van der Waals surface area (Å²) in [7, 11) is 1.97. The number of rotatable bonds is 3. The summed E-state index contributed by atoms with van der Waals surface area (Å²) in [6.07, 6.45) is 0. The van der Waals surface area contributed by atoms with Crippen LogP contribution in [0.1, 0.15) is 5.56 Å². The predicted molar refractivity (Wildman–Crippen MR) is 51.6 cm³/mol. The Bertz CT molecular complexity index is 220. The molecular weight excluding hydrogens is 154 g/mol. The van der Waals surface area contributed by atoms with E-state index < -0.39 is 0 Å². The number of hydrogen-bond donors (Lipinski definition) is 0. The van der Waals surface area contributed by atoms with Crippen LogP contribution in [-0.2, 0) is 6.54 Å². The van der Waals surface area contributed by atoms with Gasteiger partial charge in [-0.15, -0.1) is 0 Å². The van der Waals surface area contributed by atoms with Crippen molar-refractivity contribution in [3.63, 3.8) is 0 Å². The summed E-state index contributed by atoms with van der Waals surface area (Å²) >= 11 is 4.77. The first kappa shape index (κ1) is 8.21. The molecule has 0 fully saturated rings. The Morgan fingerprint density at radius 3 is 2.55 bits per heavy atom. The summed E-state index contributed by atoms with van der Waals surface area (Å²) in [5, 5.41) is 0. The second-order valence-electron chi connectivity index (χ2n) is 2.51. The van der Waals surface area contributed by atoms with Gasteiger partial charge in [-0.2, -0.15) is 0 Å². The monoisotopic (exact) mass is 165 g/mol. The molecule has 0 aliphatic carbocycles. The van der Waals surface area contributed by atoms with Crippen LogP contribution in [0.15, 0.2) is 30.3 Å². The third-order valence-electron chi connectivity index (χ3n) is 1.45. The molecule has 0 saturated heterocycles. The SMILES string of the molecule is CN(C=S)Cc1ccccc1. The molecule has 1 aromatic rings. The molecule has 0 unspecified atom stereocenters. The van der Waals surface area contributed by atoms with Crippen LogP contribution in [0.25, 0.3) is 0 Å². The molecule has 0 amide bonds. The third kappa shape index (κ3) is 2.68. The van der Waals surface area contributed by atoms with E-state index in [2.05, 4.69) is 12.1 Å². The maximum Gasteiger partial charge on any atom is 0.0641 e. The van der Waals surface area contributed by atoms with Crippen molar-refractivity contribution in [1.29, 1.82) is 0 Å². The van der Waals surface area contributed by atoms with Crippen LogP contribution in [0.5, 0.6) is 0 Å². The highest BCUT2D eigenvalue weighted by Gasteiger charge is 1.92. The van der Waals surface area contributed by atoms with Gasteiger partial charge in [0, 0.05) is 13.6 Å². The van der Waals surface area contributed by atoms with Gasteiger partial charge in [0.05, 0.1) is 5.49 Å². The number of nitrogens with zero attached hydrogens (tertiary/aromatic N) is 1. The number of hydrogen-bond acceptors (Lipinski definition) is 1. The van der Waals surface area contributed by atoms with E-state index in [1.54, 1.807) is 5.49 Å². The fourth-order valence-corrected chi connectivity index (χ4v) is 0.983. The van der Waals surface area contributed by atoms with Crippen molar-refractivity contribution in [2.45, 2.75) is 6.54 Å². The van der Waals surface area contributed by atoms with Gasteiger partial charge in [0.15, 0.2) is 0 Å². The normalized spacial score (nSPS) is 9.18. The molecule has 1 rings (SSSR count). The number of benzene rings is 1. The molecule has 2 heteroatoms. The van der Waals surface area contributed by atoms with E-state index in [0.717, 1.165) is 6.54 Å². The van der Waals surface area contributed by atoms with E-state index >= 15 is 0 Å². The minimum absolute atomic E-state index is 0.893. The summed E-state index contributed by atoms with van der Waals surface area (Å²) < 4.78 is 0. The minimum atomic E-state index is 0.893. The van der Waals surface area contributed by atoms with Gasteiger partial charge in [-0.25, -0.2) is 0 Å². The second-order valence-corrected chi connectivity index (χ2v) is 2.72. The van der Waals surface area contributed by atoms with Crippen molar-refractivity contribution in [2.24, 2.45) is 0 Å². The van der Waals surface area contributed by atoms with E-state index in [1.165, 1.54) is 5.56 Å². The molecule has 1 nitrogen and oxygen atoms in total. The van der Waals surface area contributed by atoms with E-state index in [-0.39, 0.29) is 0 Å². The maximum atomic E-state index is 4.77. The molecule has 0 saturated carbocycles. The molecule has 0 radical (unpaired) electrons. The highest BCUT2D eigenvalue weighted by atomic mass is 32.1. The molecule has 0 heterocycles. The van der Waals surface area contributed by atoms with Gasteiger partial charge in [0.25, 0.3) is 0 Å². The highest BCUT2D eigenvalue weighted by Crippen LogP contribution is 2.00. The van der Waals surface area contributed by atoms with Crippen molar-refractivity contribution in [3.05, 3.63) is 35.9 Å². The molecule has 0 aliphatic rings. The average Bonchev–Trinajstić information content (AvgIpc) is 2.06. The zero-order chi connectivity index (χ0) is 8.10. The van der Waals surface area contributed by atoms with Crippen molar-refractivity contribution in [3.8, 4) is 0 Å². The van der Waals surface area contributed by atoms with Crippen LogP contribution < -0.4 is 0 Å². The zero-order valence-electron chi connectivity index (χ0n) is 6.53. The van der Waals surface area contributed by atoms with Crippen LogP contribution in [0.3, 0.4) is 0 Å². The summed E-state index contributed by atoms with van der Waals surface area (Å²) in [6.45, 7) is 0.893. The van der Waals surface area contributed by atoms with Gasteiger partial charge >= 0.3 is 0 Å². The number of thiocarbonyl (C=S) groups is 1. The molecule has 0 aromatic heterocycles. The van der Waals surface area contributed by atoms with Crippen molar-refractivity contribution in [1.82, 2.24) is 4.90 Å². The molecule has 0 aliphatic heterocycles. The topological polar surface area (TPSA) is 3.24 Å². The van der Waals surface area contributed by atoms with Crippen LogP contribution in [0.2, 0.25) is 0 Å². The average molecular weight is 165 g/mol. The standard InChI is InChI=1S/C9H11NS/c1-10(8-11)7-9-5-3-2-4-6-9/h2-6,8H,7H2,1H3. The van der Waals surface area contributed by atoms with Crippen LogP contribution in [0.4, 0.5) is 0 Å². The van der Waals surface area contributed by atoms with Crippen LogP contribution in [0, 0.1) is 0 Å². The highest BCUT2D eigenvalue weighted by molar-refractivity contribution is 7.78. The molecular formula is C9H11NS. The van der Waals surface area contributed by atoms with E-state index in [0.29, 0.717) is 0 Å². The Hall–Kier alpha value is -0.890. The summed E-state index contributed by atoms with van der Waals surface area (Å²) in [5.74, 6) is 0. The van der Waals surface area contributed by atoms with Gasteiger partial charge in [-0.1, -0.05) is 42.5 Å². The molecule has 11 heavy (non-hydrogen) atoms. The lowest BCUT2D eigenvalue weighted by atomic mass is 10.2. The van der Waals surface area contributed by atoms with Gasteiger partial charge in [0.1, 0.15) is 0 Å². The largest absolute Gasteiger partial charge is 0.367 e. The lowest BCUT2D eigenvalue weighted by Gasteiger charge is -2.11. The molecule has 0 N–H and O–H groups in total. The van der Waals surface area contributed by atoms with Gasteiger partial charge in [-0.05, 0) is 5.56 Å². The first-order valence-corrected chi connectivity index (χ1v) is 3.99. The summed E-state index contributed by atoms with van der Waals surface area (Å²) in [6, 6.07) is 10.3. The fraction of sp³-hybridized carbons (Fsp3) is 0.222. The van der Waals surface area contributed by atoms with Crippen molar-refractivity contribution in [2.75, 3.05) is 7.05 Å². The van der Waals surface area contributed by atoms with Crippen molar-refractivity contribution < 1.29 is 0 Å². The van der Waals surface area contributed by atoms with E-state index in [9.17, 15) is 0 Å². The zero-order valence-corrected chi connectivity index (χ0v) is 7.34. The summed E-state index contributed by atoms with van der Waals surface area (Å²) in [4.78, 5) is 1.98. The smallest absolute Gasteiger partial charge is 0.0641 e. The first-order valence-electron chi connectivity index (χ1n) is 3.52. The molecule has 0 spiro atoms. The Labute approximate surface area is 72.6 Å². The van der Waals surface area contributed by atoms with Crippen molar-refractivity contribution >= 4 is 17.7 Å². The van der Waals surface area contributed by atoms with Gasteiger partial charge in [-0.3, -0.25) is 0 Å².